The summed E-state index contributed by atoms with van der Waals surface area (Å²) < 4.78 is 20.8. The second-order valence-electron chi connectivity index (χ2n) is 10.3. The number of amides is 1. The van der Waals surface area contributed by atoms with E-state index < -0.39 is 0 Å². The average molecular weight is 503 g/mol. The molecule has 0 unspecified atom stereocenters. The van der Waals surface area contributed by atoms with Gasteiger partial charge in [-0.15, -0.1) is 0 Å². The predicted octanol–water partition coefficient (Wildman–Crippen LogP) is 5.15. The lowest BCUT2D eigenvalue weighted by molar-refractivity contribution is 0.0351. The van der Waals surface area contributed by atoms with E-state index >= 15 is 0 Å². The number of likely N-dealkylation sites (tertiary alicyclic amines) is 1. The Labute approximate surface area is 218 Å². The number of aromatic nitrogens is 2. The topological polar surface area (TPSA) is 58.6 Å². The lowest BCUT2D eigenvalue weighted by Crippen LogP contribution is -2.48. The first-order chi connectivity index (χ1) is 18.1. The number of carbonyl (C=O) groups excluding carboxylic acids is 1. The zero-order valence-electron chi connectivity index (χ0n) is 21.3. The Morgan fingerprint density at radius 2 is 1.68 bits per heavy atom. The Bertz CT molecular complexity index is 1180. The summed E-state index contributed by atoms with van der Waals surface area (Å²) in [5.41, 5.74) is 2.03. The van der Waals surface area contributed by atoms with E-state index in [2.05, 4.69) is 27.0 Å². The number of benzene rings is 2. The number of ether oxygens (including phenoxy) is 1. The first kappa shape index (κ1) is 25.3. The number of carbonyl (C=O) groups is 1. The second-order valence-corrected chi connectivity index (χ2v) is 10.3. The second kappa shape index (κ2) is 11.8. The molecule has 2 aliphatic rings. The van der Waals surface area contributed by atoms with Crippen LogP contribution in [0.4, 0.5) is 4.39 Å². The largest absolute Gasteiger partial charge is 0.492 e. The van der Waals surface area contributed by atoms with Crippen molar-refractivity contribution in [1.29, 1.82) is 0 Å². The molecule has 0 N–H and O–H groups in total. The van der Waals surface area contributed by atoms with Crippen LogP contribution in [-0.2, 0) is 13.0 Å². The van der Waals surface area contributed by atoms with E-state index in [9.17, 15) is 9.18 Å². The van der Waals surface area contributed by atoms with Crippen LogP contribution in [0.15, 0.2) is 67.0 Å². The maximum absolute atomic E-state index is 14.6. The van der Waals surface area contributed by atoms with Crippen LogP contribution in [0.2, 0.25) is 0 Å². The molecule has 0 saturated carbocycles. The summed E-state index contributed by atoms with van der Waals surface area (Å²) in [4.78, 5) is 25.5. The monoisotopic (exact) mass is 502 g/mol. The zero-order chi connectivity index (χ0) is 25.5. The fourth-order valence-electron chi connectivity index (χ4n) is 5.73. The number of para-hydroxylation sites is 1. The maximum Gasteiger partial charge on any atom is 0.291 e. The highest BCUT2D eigenvalue weighted by molar-refractivity contribution is 5.90. The third kappa shape index (κ3) is 6.34. The maximum atomic E-state index is 14.6. The Morgan fingerprint density at radius 3 is 2.49 bits per heavy atom. The smallest absolute Gasteiger partial charge is 0.291 e. The van der Waals surface area contributed by atoms with Crippen molar-refractivity contribution in [2.45, 2.75) is 45.1 Å². The summed E-state index contributed by atoms with van der Waals surface area (Å²) in [6.07, 6.45) is 9.34. The molecule has 194 valence electrons. The van der Waals surface area contributed by atoms with Crippen molar-refractivity contribution in [3.63, 3.8) is 0 Å². The van der Waals surface area contributed by atoms with E-state index in [0.717, 1.165) is 50.8 Å². The first-order valence-corrected chi connectivity index (χ1v) is 13.3. The Balaban J connectivity index is 1.34. The Hall–Kier alpha value is -3.32. The molecule has 37 heavy (non-hydrogen) atoms. The third-order valence-corrected chi connectivity index (χ3v) is 7.82. The van der Waals surface area contributed by atoms with Gasteiger partial charge in [0.25, 0.3) is 5.91 Å². The third-order valence-electron chi connectivity index (χ3n) is 7.82. The van der Waals surface area contributed by atoms with E-state index in [4.69, 9.17) is 4.74 Å². The van der Waals surface area contributed by atoms with Gasteiger partial charge in [0.05, 0.1) is 0 Å². The molecule has 3 heterocycles. The molecule has 0 aliphatic carbocycles. The molecule has 1 saturated heterocycles. The number of rotatable bonds is 3. The van der Waals surface area contributed by atoms with E-state index in [-0.39, 0.29) is 23.0 Å². The summed E-state index contributed by atoms with van der Waals surface area (Å²) in [5.74, 6) is 0.946. The van der Waals surface area contributed by atoms with E-state index in [0.29, 0.717) is 38.3 Å². The van der Waals surface area contributed by atoms with E-state index in [1.165, 1.54) is 11.6 Å². The average Bonchev–Trinajstić information content (AvgIpc) is 2.93. The minimum atomic E-state index is -0.169. The normalized spacial score (nSPS) is 18.8. The zero-order valence-corrected chi connectivity index (χ0v) is 21.3. The number of aryl methyl sites for hydroxylation is 1. The molecule has 0 radical (unpaired) electrons. The van der Waals surface area contributed by atoms with Crippen LogP contribution in [-0.4, -0.2) is 58.5 Å². The molecule has 2 aromatic carbocycles. The molecule has 1 spiro atoms. The summed E-state index contributed by atoms with van der Waals surface area (Å²) in [5, 5.41) is 0. The fourth-order valence-corrected chi connectivity index (χ4v) is 5.73. The van der Waals surface area contributed by atoms with Crippen LogP contribution in [0.3, 0.4) is 0 Å². The van der Waals surface area contributed by atoms with Crippen LogP contribution < -0.4 is 4.74 Å². The summed E-state index contributed by atoms with van der Waals surface area (Å²) in [6, 6.07) is 17.1. The molecular formula is C30H35FN4O2. The van der Waals surface area contributed by atoms with Crippen molar-refractivity contribution >= 4 is 5.91 Å². The summed E-state index contributed by atoms with van der Waals surface area (Å²) in [7, 11) is 0. The minimum absolute atomic E-state index is 0.0678. The molecule has 2 aliphatic heterocycles. The molecule has 1 fully saturated rings. The number of fused-ring (bicyclic) bond motifs is 1. The standard InChI is InChI=1S/C30H35FN4O2/c31-26-11-3-1-10-25(26)22-34-20-21-37-27-12-4-2-8-24(27)9-5-6-13-30(23-34)14-18-35(19-15-30)29(36)28-32-16-7-17-33-28/h1-4,7-8,10-12,16-17H,5-6,9,13-15,18-23H2. The molecule has 5 rings (SSSR count). The Kier molecular flexibility index (Phi) is 8.09. The van der Waals surface area contributed by atoms with Crippen molar-refractivity contribution in [2.75, 3.05) is 32.8 Å². The van der Waals surface area contributed by atoms with Gasteiger partial charge in [0, 0.05) is 50.7 Å². The summed E-state index contributed by atoms with van der Waals surface area (Å²) in [6.45, 7) is 4.03. The number of halogens is 1. The summed E-state index contributed by atoms with van der Waals surface area (Å²) >= 11 is 0. The highest BCUT2D eigenvalue weighted by Gasteiger charge is 2.38. The van der Waals surface area contributed by atoms with Crippen LogP contribution >= 0.6 is 0 Å². The van der Waals surface area contributed by atoms with Crippen LogP contribution in [0, 0.1) is 11.2 Å². The van der Waals surface area contributed by atoms with E-state index in [1.807, 2.05) is 29.2 Å². The molecule has 3 aromatic rings. The molecule has 7 heteroatoms. The van der Waals surface area contributed by atoms with Gasteiger partial charge >= 0.3 is 0 Å². The highest BCUT2D eigenvalue weighted by Crippen LogP contribution is 2.39. The Morgan fingerprint density at radius 1 is 0.919 bits per heavy atom. The van der Waals surface area contributed by atoms with Crippen molar-refractivity contribution in [3.8, 4) is 5.75 Å². The van der Waals surface area contributed by atoms with Gasteiger partial charge in [-0.25, -0.2) is 14.4 Å². The van der Waals surface area contributed by atoms with Crippen LogP contribution in [0.25, 0.3) is 0 Å². The molecule has 1 amide bonds. The van der Waals surface area contributed by atoms with Gasteiger partial charge in [-0.3, -0.25) is 9.69 Å². The van der Waals surface area contributed by atoms with Crippen LogP contribution in [0.1, 0.15) is 53.8 Å². The number of piperidine rings is 1. The lowest BCUT2D eigenvalue weighted by Gasteiger charge is -2.45. The predicted molar refractivity (Wildman–Crippen MR) is 141 cm³/mol. The van der Waals surface area contributed by atoms with Crippen molar-refractivity contribution in [2.24, 2.45) is 5.41 Å². The van der Waals surface area contributed by atoms with Crippen molar-refractivity contribution < 1.29 is 13.9 Å². The van der Waals surface area contributed by atoms with Gasteiger partial charge in [-0.05, 0) is 61.3 Å². The molecular weight excluding hydrogens is 467 g/mol. The lowest BCUT2D eigenvalue weighted by atomic mass is 9.73. The van der Waals surface area contributed by atoms with Crippen LogP contribution in [0.5, 0.6) is 5.75 Å². The minimum Gasteiger partial charge on any atom is -0.492 e. The quantitative estimate of drug-likeness (QED) is 0.496. The van der Waals surface area contributed by atoms with Crippen molar-refractivity contribution in [3.05, 3.63) is 89.8 Å². The molecule has 0 bridgehead atoms. The molecule has 6 nitrogen and oxygen atoms in total. The number of hydrogen-bond donors (Lipinski definition) is 0. The van der Waals surface area contributed by atoms with Gasteiger partial charge in [0.2, 0.25) is 5.82 Å². The van der Waals surface area contributed by atoms with Crippen molar-refractivity contribution in [1.82, 2.24) is 19.8 Å². The van der Waals surface area contributed by atoms with E-state index in [1.54, 1.807) is 24.5 Å². The van der Waals surface area contributed by atoms with Gasteiger partial charge in [-0.1, -0.05) is 42.8 Å². The first-order valence-electron chi connectivity index (χ1n) is 13.3. The van der Waals surface area contributed by atoms with Gasteiger partial charge < -0.3 is 9.64 Å². The number of nitrogens with zero attached hydrogens (tertiary/aromatic N) is 4. The van der Waals surface area contributed by atoms with Gasteiger partial charge in [0.1, 0.15) is 18.2 Å². The molecule has 1 aromatic heterocycles. The fraction of sp³-hybridized carbons (Fsp3) is 0.433. The van der Waals surface area contributed by atoms with Gasteiger partial charge in [0.15, 0.2) is 0 Å². The van der Waals surface area contributed by atoms with Gasteiger partial charge in [-0.2, -0.15) is 0 Å². The SMILES string of the molecule is O=C(c1ncccn1)N1CCC2(CCCCc3ccccc3OCCN(Cc3ccccc3F)C2)CC1. The molecule has 0 atom stereocenters. The highest BCUT2D eigenvalue weighted by atomic mass is 19.1. The number of hydrogen-bond acceptors (Lipinski definition) is 5.